The normalized spacial score (nSPS) is 18.9. The summed E-state index contributed by atoms with van der Waals surface area (Å²) in [6.07, 6.45) is 5.96. The number of rotatable bonds is 4. The second-order valence-corrected chi connectivity index (χ2v) is 8.45. The second kappa shape index (κ2) is 7.34. The minimum atomic E-state index is -0.186. The van der Waals surface area contributed by atoms with Crippen LogP contribution in [0.2, 0.25) is 0 Å². The first-order chi connectivity index (χ1) is 12.3. The molecule has 1 spiro atoms. The maximum Gasteiger partial charge on any atom is 0.152 e. The molecular formula is C20H22N2OS2. The zero-order chi connectivity index (χ0) is 17.1. The lowest BCUT2D eigenvalue weighted by molar-refractivity contribution is 0.317. The van der Waals surface area contributed by atoms with Gasteiger partial charge >= 0.3 is 0 Å². The van der Waals surface area contributed by atoms with Gasteiger partial charge in [-0.05, 0) is 54.8 Å². The van der Waals surface area contributed by atoms with Gasteiger partial charge in [0.25, 0.3) is 0 Å². The molecule has 1 aromatic heterocycles. The summed E-state index contributed by atoms with van der Waals surface area (Å²) < 4.78 is 5.34. The van der Waals surface area contributed by atoms with Gasteiger partial charge in [0, 0.05) is 5.75 Å². The minimum absolute atomic E-state index is 0.186. The van der Waals surface area contributed by atoms with Gasteiger partial charge in [-0.1, -0.05) is 36.4 Å². The van der Waals surface area contributed by atoms with E-state index in [0.717, 1.165) is 35.1 Å². The monoisotopic (exact) mass is 370 g/mol. The predicted molar refractivity (Wildman–Crippen MR) is 108 cm³/mol. The van der Waals surface area contributed by atoms with E-state index in [0.29, 0.717) is 0 Å². The maximum absolute atomic E-state index is 5.34. The largest absolute Gasteiger partial charge is 0.497 e. The maximum atomic E-state index is 5.34. The summed E-state index contributed by atoms with van der Waals surface area (Å²) in [7, 11) is 1.71. The van der Waals surface area contributed by atoms with Crippen molar-refractivity contribution < 1.29 is 4.74 Å². The number of aliphatic imine (C=N–C) groups is 2. The van der Waals surface area contributed by atoms with Crippen LogP contribution in [0.15, 0.2) is 51.8 Å². The highest BCUT2D eigenvalue weighted by atomic mass is 32.2. The molecule has 0 amide bonds. The van der Waals surface area contributed by atoms with Gasteiger partial charge in [0.1, 0.15) is 16.5 Å². The molecule has 1 aliphatic heterocycles. The molecule has 1 aromatic carbocycles. The Labute approximate surface area is 157 Å². The first kappa shape index (κ1) is 16.9. The summed E-state index contributed by atoms with van der Waals surface area (Å²) in [5.41, 5.74) is 2.17. The van der Waals surface area contributed by atoms with E-state index in [-0.39, 0.29) is 5.66 Å². The molecule has 0 atom stereocenters. The third-order valence-corrected chi connectivity index (χ3v) is 6.66. The van der Waals surface area contributed by atoms with Crippen molar-refractivity contribution in [3.63, 3.8) is 0 Å². The number of methoxy groups -OCH3 is 1. The van der Waals surface area contributed by atoms with Crippen LogP contribution in [0.25, 0.3) is 0 Å². The van der Waals surface area contributed by atoms with Crippen molar-refractivity contribution in [1.29, 1.82) is 0 Å². The highest BCUT2D eigenvalue weighted by Crippen LogP contribution is 2.39. The van der Waals surface area contributed by atoms with E-state index in [4.69, 9.17) is 14.7 Å². The summed E-state index contributed by atoms with van der Waals surface area (Å²) in [5.74, 6) is 1.79. The number of thioether (sulfide) groups is 1. The fourth-order valence-electron chi connectivity index (χ4n) is 3.45. The van der Waals surface area contributed by atoms with E-state index >= 15 is 0 Å². The SMILES string of the molecule is COc1cccc(CSC2=NC3(CCCCC3)N=C2c2cccs2)c1. The van der Waals surface area contributed by atoms with Gasteiger partial charge in [-0.3, -0.25) is 4.99 Å². The molecule has 130 valence electrons. The molecule has 2 aliphatic rings. The first-order valence-corrected chi connectivity index (χ1v) is 10.6. The van der Waals surface area contributed by atoms with E-state index in [1.165, 1.54) is 29.7 Å². The van der Waals surface area contributed by atoms with Gasteiger partial charge in [-0.25, -0.2) is 4.99 Å². The molecule has 1 aliphatic carbocycles. The predicted octanol–water partition coefficient (Wildman–Crippen LogP) is 5.55. The molecule has 1 fully saturated rings. The standard InChI is InChI=1S/C20H22N2OS2/c1-23-16-8-5-7-15(13-16)14-25-19-18(17-9-6-12-24-17)21-20(22-19)10-3-2-4-11-20/h5-9,12-13H,2-4,10-11,14H2,1H3. The van der Waals surface area contributed by atoms with Crippen LogP contribution in [0.3, 0.4) is 0 Å². The van der Waals surface area contributed by atoms with Crippen molar-refractivity contribution in [2.24, 2.45) is 9.98 Å². The van der Waals surface area contributed by atoms with Crippen LogP contribution in [-0.4, -0.2) is 23.5 Å². The molecule has 0 radical (unpaired) electrons. The van der Waals surface area contributed by atoms with Crippen molar-refractivity contribution in [3.05, 3.63) is 52.2 Å². The third kappa shape index (κ3) is 3.67. The first-order valence-electron chi connectivity index (χ1n) is 8.78. The fourth-order valence-corrected chi connectivity index (χ4v) is 5.24. The van der Waals surface area contributed by atoms with Crippen LogP contribution < -0.4 is 4.74 Å². The number of benzene rings is 1. The summed E-state index contributed by atoms with van der Waals surface area (Å²) in [6, 6.07) is 12.5. The molecule has 1 saturated carbocycles. The van der Waals surface area contributed by atoms with Crippen LogP contribution in [-0.2, 0) is 5.75 Å². The highest BCUT2D eigenvalue weighted by Gasteiger charge is 2.37. The molecule has 4 rings (SSSR count). The second-order valence-electron chi connectivity index (χ2n) is 6.54. The minimum Gasteiger partial charge on any atom is -0.497 e. The molecule has 3 nitrogen and oxygen atoms in total. The van der Waals surface area contributed by atoms with Crippen LogP contribution in [0.1, 0.15) is 42.5 Å². The van der Waals surface area contributed by atoms with Gasteiger partial charge in [0.2, 0.25) is 0 Å². The molecule has 25 heavy (non-hydrogen) atoms. The van der Waals surface area contributed by atoms with Crippen LogP contribution in [0.4, 0.5) is 0 Å². The molecule has 0 bridgehead atoms. The van der Waals surface area contributed by atoms with Gasteiger partial charge < -0.3 is 4.74 Å². The lowest BCUT2D eigenvalue weighted by atomic mass is 9.90. The molecule has 0 N–H and O–H groups in total. The Bertz CT molecular complexity index is 790. The number of ether oxygens (including phenoxy) is 1. The van der Waals surface area contributed by atoms with Crippen molar-refractivity contribution >= 4 is 33.9 Å². The molecule has 2 aromatic rings. The van der Waals surface area contributed by atoms with E-state index in [2.05, 4.69) is 29.6 Å². The topological polar surface area (TPSA) is 34.0 Å². The Morgan fingerprint density at radius 3 is 2.76 bits per heavy atom. The van der Waals surface area contributed by atoms with E-state index in [9.17, 15) is 0 Å². The van der Waals surface area contributed by atoms with Gasteiger partial charge in [0.05, 0.1) is 12.0 Å². The van der Waals surface area contributed by atoms with E-state index in [1.54, 1.807) is 30.2 Å². The van der Waals surface area contributed by atoms with Crippen LogP contribution in [0.5, 0.6) is 5.75 Å². The van der Waals surface area contributed by atoms with Gasteiger partial charge in [-0.15, -0.1) is 11.3 Å². The molecule has 5 heteroatoms. The average molecular weight is 371 g/mol. The van der Waals surface area contributed by atoms with Crippen molar-refractivity contribution in [1.82, 2.24) is 0 Å². The Kier molecular flexibility index (Phi) is 4.95. The van der Waals surface area contributed by atoms with Crippen molar-refractivity contribution in [2.75, 3.05) is 7.11 Å². The zero-order valence-corrected chi connectivity index (χ0v) is 16.0. The molecule has 2 heterocycles. The molecule has 0 saturated heterocycles. The molecule has 0 unspecified atom stereocenters. The third-order valence-electron chi connectivity index (χ3n) is 4.75. The van der Waals surface area contributed by atoms with E-state index in [1.807, 2.05) is 12.1 Å². The lowest BCUT2D eigenvalue weighted by Gasteiger charge is -2.27. The average Bonchev–Trinajstić information content (AvgIpc) is 3.29. The lowest BCUT2D eigenvalue weighted by Crippen LogP contribution is -2.25. The number of hydrogen-bond acceptors (Lipinski definition) is 5. The highest BCUT2D eigenvalue weighted by molar-refractivity contribution is 8.15. The summed E-state index contributed by atoms with van der Waals surface area (Å²) in [5, 5.41) is 3.22. The summed E-state index contributed by atoms with van der Waals surface area (Å²) in [4.78, 5) is 11.5. The van der Waals surface area contributed by atoms with Crippen LogP contribution in [0, 0.1) is 0 Å². The van der Waals surface area contributed by atoms with Crippen LogP contribution >= 0.6 is 23.1 Å². The Balaban J connectivity index is 1.57. The van der Waals surface area contributed by atoms with Gasteiger partial charge in [0.15, 0.2) is 5.66 Å². The smallest absolute Gasteiger partial charge is 0.152 e. The quantitative estimate of drug-likeness (QED) is 0.707. The number of nitrogens with zero attached hydrogens (tertiary/aromatic N) is 2. The van der Waals surface area contributed by atoms with E-state index < -0.39 is 0 Å². The number of hydrogen-bond donors (Lipinski definition) is 0. The fraction of sp³-hybridized carbons (Fsp3) is 0.400. The summed E-state index contributed by atoms with van der Waals surface area (Å²) >= 11 is 3.55. The van der Waals surface area contributed by atoms with Gasteiger partial charge in [-0.2, -0.15) is 0 Å². The number of thiophene rings is 1. The zero-order valence-electron chi connectivity index (χ0n) is 14.4. The van der Waals surface area contributed by atoms with Crippen molar-refractivity contribution in [2.45, 2.75) is 43.5 Å². The molecular weight excluding hydrogens is 348 g/mol. The Morgan fingerprint density at radius 1 is 1.12 bits per heavy atom. The summed E-state index contributed by atoms with van der Waals surface area (Å²) in [6.45, 7) is 0. The Hall–Kier alpha value is -1.59. The van der Waals surface area contributed by atoms with Crippen molar-refractivity contribution in [3.8, 4) is 5.75 Å². The Morgan fingerprint density at radius 2 is 2.00 bits per heavy atom.